The van der Waals surface area contributed by atoms with E-state index in [1.807, 2.05) is 30.3 Å². The van der Waals surface area contributed by atoms with Crippen molar-refractivity contribution in [1.82, 2.24) is 15.1 Å². The molecule has 1 saturated heterocycles. The fraction of sp³-hybridized carbons (Fsp3) is 0.241. The Morgan fingerprint density at radius 3 is 2.39 bits per heavy atom. The Hall–Kier alpha value is -4.77. The Balaban J connectivity index is 1.40. The van der Waals surface area contributed by atoms with E-state index in [-0.39, 0.29) is 49.8 Å². The van der Waals surface area contributed by atoms with Gasteiger partial charge in [-0.25, -0.2) is 0 Å². The molecule has 1 aliphatic rings. The maximum absolute atomic E-state index is 13.5. The zero-order chi connectivity index (χ0) is 29.5. The van der Waals surface area contributed by atoms with Crippen LogP contribution in [0.3, 0.4) is 0 Å². The number of halogens is 1. The standard InChI is InChI=1S/C29H28ClN5O6/c1-32(23-12-10-22(30)11-13-23)29(39)25(16-20-6-3-2-4-7-20)31-26(36)18-33-14-15-34(19-27(33)37)28(38)21-8-5-9-24(17-21)35(40)41/h2-13,17,25H,14-16,18-19H2,1H3,(H,31,36). The maximum atomic E-state index is 13.5. The number of carbonyl (C=O) groups excluding carboxylic acids is 4. The molecule has 3 aromatic rings. The van der Waals surface area contributed by atoms with Gasteiger partial charge in [-0.1, -0.05) is 48.0 Å². The summed E-state index contributed by atoms with van der Waals surface area (Å²) in [5.41, 5.74) is 1.33. The molecular formula is C29H28ClN5O6. The third-order valence-electron chi connectivity index (χ3n) is 6.70. The molecule has 212 valence electrons. The van der Waals surface area contributed by atoms with Gasteiger partial charge in [0.1, 0.15) is 12.6 Å². The van der Waals surface area contributed by atoms with Gasteiger partial charge in [-0.2, -0.15) is 0 Å². The number of amides is 4. The molecule has 41 heavy (non-hydrogen) atoms. The maximum Gasteiger partial charge on any atom is 0.270 e. The third kappa shape index (κ3) is 7.46. The molecule has 0 saturated carbocycles. The SMILES string of the molecule is CN(C(=O)C(Cc1ccccc1)NC(=O)CN1CCN(C(=O)c2cccc([N+](=O)[O-])c2)CC1=O)c1ccc(Cl)cc1. The number of non-ortho nitro benzene ring substituents is 1. The molecule has 1 unspecified atom stereocenters. The van der Waals surface area contributed by atoms with E-state index in [2.05, 4.69) is 5.32 Å². The van der Waals surface area contributed by atoms with E-state index in [9.17, 15) is 29.3 Å². The highest BCUT2D eigenvalue weighted by Crippen LogP contribution is 2.19. The summed E-state index contributed by atoms with van der Waals surface area (Å²) >= 11 is 5.98. The van der Waals surface area contributed by atoms with Crippen LogP contribution in [-0.2, 0) is 20.8 Å². The summed E-state index contributed by atoms with van der Waals surface area (Å²) in [5.74, 6) is -1.82. The second-order valence-corrected chi connectivity index (χ2v) is 9.97. The van der Waals surface area contributed by atoms with Crippen LogP contribution in [0.15, 0.2) is 78.9 Å². The fourth-order valence-electron chi connectivity index (χ4n) is 4.47. The van der Waals surface area contributed by atoms with Crippen molar-refractivity contribution in [2.24, 2.45) is 0 Å². The molecule has 11 nitrogen and oxygen atoms in total. The van der Waals surface area contributed by atoms with Crippen molar-refractivity contribution in [1.29, 1.82) is 0 Å². The molecule has 1 atom stereocenters. The van der Waals surface area contributed by atoms with E-state index in [0.29, 0.717) is 10.7 Å². The summed E-state index contributed by atoms with van der Waals surface area (Å²) in [4.78, 5) is 66.7. The molecule has 0 spiro atoms. The zero-order valence-corrected chi connectivity index (χ0v) is 23.0. The zero-order valence-electron chi connectivity index (χ0n) is 22.2. The van der Waals surface area contributed by atoms with Crippen molar-refractivity contribution in [2.45, 2.75) is 12.5 Å². The largest absolute Gasteiger partial charge is 0.342 e. The Morgan fingerprint density at radius 1 is 1.02 bits per heavy atom. The highest BCUT2D eigenvalue weighted by Gasteiger charge is 2.31. The topological polar surface area (TPSA) is 133 Å². The molecule has 3 aromatic carbocycles. The van der Waals surface area contributed by atoms with Crippen molar-refractivity contribution >= 4 is 46.6 Å². The number of hydrogen-bond donors (Lipinski definition) is 1. The molecule has 4 amide bonds. The lowest BCUT2D eigenvalue weighted by Gasteiger charge is -2.34. The van der Waals surface area contributed by atoms with Crippen LogP contribution in [0.25, 0.3) is 0 Å². The average Bonchev–Trinajstić information content (AvgIpc) is 2.97. The smallest absolute Gasteiger partial charge is 0.270 e. The van der Waals surface area contributed by atoms with Crippen LogP contribution < -0.4 is 10.2 Å². The van der Waals surface area contributed by atoms with Crippen LogP contribution in [0.5, 0.6) is 0 Å². The monoisotopic (exact) mass is 577 g/mol. The second-order valence-electron chi connectivity index (χ2n) is 9.53. The van der Waals surface area contributed by atoms with Crippen molar-refractivity contribution < 1.29 is 24.1 Å². The van der Waals surface area contributed by atoms with Gasteiger partial charge in [0.15, 0.2) is 0 Å². The van der Waals surface area contributed by atoms with E-state index in [0.717, 1.165) is 11.6 Å². The van der Waals surface area contributed by atoms with Crippen LogP contribution in [-0.4, -0.2) is 77.6 Å². The van der Waals surface area contributed by atoms with E-state index < -0.39 is 28.7 Å². The van der Waals surface area contributed by atoms with Gasteiger partial charge >= 0.3 is 0 Å². The number of likely N-dealkylation sites (N-methyl/N-ethyl adjacent to an activating group) is 1. The molecule has 0 bridgehead atoms. The molecule has 0 aromatic heterocycles. The lowest BCUT2D eigenvalue weighted by Crippen LogP contribution is -2.56. The number of nitrogens with one attached hydrogen (secondary N) is 1. The van der Waals surface area contributed by atoms with Crippen LogP contribution in [0.1, 0.15) is 15.9 Å². The lowest BCUT2D eigenvalue weighted by molar-refractivity contribution is -0.384. The number of carbonyl (C=O) groups is 4. The third-order valence-corrected chi connectivity index (χ3v) is 6.96. The highest BCUT2D eigenvalue weighted by atomic mass is 35.5. The van der Waals surface area contributed by atoms with Gasteiger partial charge < -0.3 is 20.0 Å². The second kappa shape index (κ2) is 13.1. The first-order chi connectivity index (χ1) is 19.6. The molecule has 4 rings (SSSR count). The minimum Gasteiger partial charge on any atom is -0.342 e. The van der Waals surface area contributed by atoms with Crippen molar-refractivity contribution in [3.8, 4) is 0 Å². The summed E-state index contributed by atoms with van der Waals surface area (Å²) in [6.07, 6.45) is 0.239. The summed E-state index contributed by atoms with van der Waals surface area (Å²) < 4.78 is 0. The first-order valence-corrected chi connectivity index (χ1v) is 13.2. The van der Waals surface area contributed by atoms with E-state index >= 15 is 0 Å². The Bertz CT molecular complexity index is 1450. The van der Waals surface area contributed by atoms with Crippen molar-refractivity contribution in [3.63, 3.8) is 0 Å². The van der Waals surface area contributed by atoms with Gasteiger partial charge in [-0.3, -0.25) is 29.3 Å². The predicted octanol–water partition coefficient (Wildman–Crippen LogP) is 2.92. The van der Waals surface area contributed by atoms with Gasteiger partial charge in [-0.05, 0) is 35.9 Å². The van der Waals surface area contributed by atoms with E-state index in [1.54, 1.807) is 31.3 Å². The Labute approximate surface area is 241 Å². The normalized spacial score (nSPS) is 13.9. The number of nitro benzene ring substituents is 1. The minimum absolute atomic E-state index is 0.0922. The first kappa shape index (κ1) is 29.2. The van der Waals surface area contributed by atoms with Gasteiger partial charge in [0.05, 0.1) is 11.5 Å². The van der Waals surface area contributed by atoms with Crippen molar-refractivity contribution in [2.75, 3.05) is 38.1 Å². The number of anilines is 1. The van der Waals surface area contributed by atoms with Gasteiger partial charge in [0, 0.05) is 55.0 Å². The van der Waals surface area contributed by atoms with Crippen LogP contribution in [0.2, 0.25) is 5.02 Å². The summed E-state index contributed by atoms with van der Waals surface area (Å²) in [6, 6.07) is 20.4. The number of hydrogen-bond acceptors (Lipinski definition) is 6. The molecular weight excluding hydrogens is 550 g/mol. The molecule has 12 heteroatoms. The molecule has 1 heterocycles. The number of benzene rings is 3. The predicted molar refractivity (Wildman–Crippen MR) is 153 cm³/mol. The molecule has 0 aliphatic carbocycles. The van der Waals surface area contributed by atoms with Crippen LogP contribution >= 0.6 is 11.6 Å². The Kier molecular flexibility index (Phi) is 9.30. The van der Waals surface area contributed by atoms with Gasteiger partial charge in [0.25, 0.3) is 11.6 Å². The van der Waals surface area contributed by atoms with Crippen LogP contribution in [0, 0.1) is 10.1 Å². The van der Waals surface area contributed by atoms with Crippen LogP contribution in [0.4, 0.5) is 11.4 Å². The summed E-state index contributed by atoms with van der Waals surface area (Å²) in [5, 5.41) is 14.4. The Morgan fingerprint density at radius 2 is 1.73 bits per heavy atom. The summed E-state index contributed by atoms with van der Waals surface area (Å²) in [7, 11) is 1.61. The number of piperazine rings is 1. The van der Waals surface area contributed by atoms with Gasteiger partial charge in [0.2, 0.25) is 17.7 Å². The van der Waals surface area contributed by atoms with Gasteiger partial charge in [-0.15, -0.1) is 0 Å². The molecule has 1 fully saturated rings. The lowest BCUT2D eigenvalue weighted by atomic mass is 10.0. The molecule has 0 radical (unpaired) electrons. The van der Waals surface area contributed by atoms with E-state index in [1.165, 1.54) is 32.9 Å². The highest BCUT2D eigenvalue weighted by molar-refractivity contribution is 6.30. The number of nitro groups is 1. The fourth-order valence-corrected chi connectivity index (χ4v) is 4.60. The minimum atomic E-state index is -0.905. The quantitative estimate of drug-likeness (QED) is 0.307. The molecule has 1 N–H and O–H groups in total. The number of rotatable bonds is 9. The molecule has 1 aliphatic heterocycles. The van der Waals surface area contributed by atoms with E-state index in [4.69, 9.17) is 11.6 Å². The summed E-state index contributed by atoms with van der Waals surface area (Å²) in [6.45, 7) is -0.331. The number of nitrogens with zero attached hydrogens (tertiary/aromatic N) is 4. The first-order valence-electron chi connectivity index (χ1n) is 12.8. The van der Waals surface area contributed by atoms with Crippen molar-refractivity contribution in [3.05, 3.63) is 105 Å². The average molecular weight is 578 g/mol.